The van der Waals surface area contributed by atoms with Gasteiger partial charge in [0, 0.05) is 47.8 Å². The van der Waals surface area contributed by atoms with Crippen LogP contribution in [-0.4, -0.2) is 63.4 Å². The van der Waals surface area contributed by atoms with Crippen LogP contribution in [0.5, 0.6) is 0 Å². The van der Waals surface area contributed by atoms with Crippen LogP contribution in [0.25, 0.3) is 16.5 Å². The molecule has 2 atom stereocenters. The zero-order valence-corrected chi connectivity index (χ0v) is 14.9. The van der Waals surface area contributed by atoms with Crippen molar-refractivity contribution in [2.45, 2.75) is 12.5 Å². The number of nitrogens with zero attached hydrogens (tertiary/aromatic N) is 1. The van der Waals surface area contributed by atoms with Crippen LogP contribution in [0.4, 0.5) is 0 Å². The van der Waals surface area contributed by atoms with Crippen molar-refractivity contribution in [2.24, 2.45) is 5.92 Å². The lowest BCUT2D eigenvalue weighted by molar-refractivity contribution is -0.134. The lowest BCUT2D eigenvalue weighted by Gasteiger charge is -2.39. The third kappa shape index (κ3) is 3.94. The van der Waals surface area contributed by atoms with Crippen LogP contribution in [0.2, 0.25) is 0 Å². The largest absolute Gasteiger partial charge is 0.478 e. The molecule has 7 heteroatoms. The summed E-state index contributed by atoms with van der Waals surface area (Å²) in [5.74, 6) is -2.26. The van der Waals surface area contributed by atoms with E-state index in [1.807, 2.05) is 0 Å². The second kappa shape index (κ2) is 7.77. The van der Waals surface area contributed by atoms with E-state index in [0.717, 1.165) is 13.0 Å². The van der Waals surface area contributed by atoms with Gasteiger partial charge in [0.25, 0.3) is 0 Å². The maximum absolute atomic E-state index is 9.55. The highest BCUT2D eigenvalue weighted by atomic mass is 16.4. The van der Waals surface area contributed by atoms with Gasteiger partial charge in [-0.15, -0.1) is 0 Å². The molecule has 0 amide bonds. The molecule has 1 aromatic heterocycles. The van der Waals surface area contributed by atoms with E-state index in [0.29, 0.717) is 18.2 Å². The van der Waals surface area contributed by atoms with E-state index in [1.165, 1.54) is 27.6 Å². The van der Waals surface area contributed by atoms with Crippen LogP contribution in [-0.2, 0) is 16.0 Å². The molecule has 0 saturated heterocycles. The molecule has 0 radical (unpaired) electrons. The van der Waals surface area contributed by atoms with Gasteiger partial charge >= 0.3 is 11.9 Å². The molecule has 0 unspecified atom stereocenters. The van der Waals surface area contributed by atoms with Crippen LogP contribution in [0, 0.1) is 5.92 Å². The summed E-state index contributed by atoms with van der Waals surface area (Å²) in [6.07, 6.45) is 6.62. The number of hydrogen-bond donors (Lipinski definition) is 4. The van der Waals surface area contributed by atoms with Gasteiger partial charge in [-0.25, -0.2) is 9.59 Å². The number of carboxylic acid groups (broad SMARTS) is 2. The van der Waals surface area contributed by atoms with Gasteiger partial charge in [0.15, 0.2) is 0 Å². The molecule has 4 rings (SSSR count). The molecule has 2 aromatic rings. The summed E-state index contributed by atoms with van der Waals surface area (Å²) in [5, 5.41) is 26.5. The summed E-state index contributed by atoms with van der Waals surface area (Å²) in [7, 11) is 2.16. The molecule has 1 aliphatic carbocycles. The molecular weight excluding hydrogens is 348 g/mol. The van der Waals surface area contributed by atoms with Gasteiger partial charge in [0.05, 0.1) is 6.61 Å². The molecule has 4 N–H and O–H groups in total. The average Bonchev–Trinajstić information content (AvgIpc) is 3.06. The van der Waals surface area contributed by atoms with Crippen molar-refractivity contribution >= 4 is 28.4 Å². The summed E-state index contributed by atoms with van der Waals surface area (Å²) in [4.78, 5) is 24.9. The molecule has 0 fully saturated rings. The summed E-state index contributed by atoms with van der Waals surface area (Å²) >= 11 is 0. The standard InChI is InChI=1S/C16H18N2O.C4H4O4/c1-18-8-10(9-19)5-13-12-3-2-4-14-16(12)11(7-17-14)6-15(13)18;5-3(6)1-2-4(7)8/h2-5,7,10,15,17,19H,6,8-9H2,1H3;1-2H,(H,5,6)(H,7,8)/b;2-1-/t10-,15-;/m1./s1. The highest BCUT2D eigenvalue weighted by Gasteiger charge is 2.33. The fraction of sp³-hybridized carbons (Fsp3) is 0.300. The summed E-state index contributed by atoms with van der Waals surface area (Å²) in [5.41, 5.74) is 5.38. The Labute approximate surface area is 156 Å². The number of aliphatic carboxylic acids is 2. The minimum absolute atomic E-state index is 0.233. The number of aromatic amines is 1. The van der Waals surface area contributed by atoms with Gasteiger partial charge in [-0.2, -0.15) is 0 Å². The predicted octanol–water partition coefficient (Wildman–Crippen LogP) is 1.74. The number of aliphatic hydroxyl groups excluding tert-OH is 1. The normalized spacial score (nSPS) is 21.3. The number of likely N-dealkylation sites (N-methyl/N-ethyl adjacent to an activating group) is 1. The molecule has 0 spiro atoms. The van der Waals surface area contributed by atoms with Crippen molar-refractivity contribution in [1.29, 1.82) is 0 Å². The van der Waals surface area contributed by atoms with Crippen molar-refractivity contribution in [3.63, 3.8) is 0 Å². The molecule has 2 aliphatic rings. The number of fused-ring (bicyclic) bond motifs is 2. The smallest absolute Gasteiger partial charge is 0.328 e. The third-order valence-electron chi connectivity index (χ3n) is 4.94. The van der Waals surface area contributed by atoms with E-state index < -0.39 is 11.9 Å². The van der Waals surface area contributed by atoms with E-state index in [4.69, 9.17) is 10.2 Å². The Hall–Kier alpha value is -2.90. The number of nitrogens with one attached hydrogen (secondary N) is 1. The number of H-pyrrole nitrogens is 1. The maximum atomic E-state index is 9.55. The second-order valence-electron chi connectivity index (χ2n) is 6.78. The molecule has 27 heavy (non-hydrogen) atoms. The molecular formula is C20H22N2O5. The van der Waals surface area contributed by atoms with E-state index in [9.17, 15) is 14.7 Å². The Morgan fingerprint density at radius 2 is 1.96 bits per heavy atom. The highest BCUT2D eigenvalue weighted by Crippen LogP contribution is 2.40. The average molecular weight is 370 g/mol. The first-order valence-electron chi connectivity index (χ1n) is 8.66. The summed E-state index contributed by atoms with van der Waals surface area (Å²) in [6, 6.07) is 6.92. The van der Waals surface area contributed by atoms with Crippen molar-refractivity contribution < 1.29 is 24.9 Å². The number of aliphatic hydroxyl groups is 1. The van der Waals surface area contributed by atoms with Crippen LogP contribution in [0.1, 0.15) is 11.1 Å². The molecule has 0 bridgehead atoms. The fourth-order valence-corrected chi connectivity index (χ4v) is 3.81. The number of hydrogen-bond acceptors (Lipinski definition) is 4. The van der Waals surface area contributed by atoms with Gasteiger partial charge in [0.1, 0.15) is 0 Å². The summed E-state index contributed by atoms with van der Waals surface area (Å²) in [6.45, 7) is 1.18. The lowest BCUT2D eigenvalue weighted by atomic mass is 9.80. The van der Waals surface area contributed by atoms with Crippen molar-refractivity contribution in [1.82, 2.24) is 9.88 Å². The highest BCUT2D eigenvalue weighted by molar-refractivity contribution is 5.98. The first kappa shape index (κ1) is 18.9. The first-order chi connectivity index (χ1) is 12.9. The van der Waals surface area contributed by atoms with Crippen LogP contribution in [0.15, 0.2) is 42.6 Å². The monoisotopic (exact) mass is 370 g/mol. The van der Waals surface area contributed by atoms with Crippen LogP contribution < -0.4 is 0 Å². The molecule has 142 valence electrons. The number of benzene rings is 1. The molecule has 0 saturated carbocycles. The topological polar surface area (TPSA) is 114 Å². The fourth-order valence-electron chi connectivity index (χ4n) is 3.81. The molecule has 1 aliphatic heterocycles. The first-order valence-corrected chi connectivity index (χ1v) is 8.66. The molecule has 7 nitrogen and oxygen atoms in total. The Morgan fingerprint density at radius 3 is 2.59 bits per heavy atom. The quantitative estimate of drug-likeness (QED) is 0.612. The maximum Gasteiger partial charge on any atom is 0.328 e. The Morgan fingerprint density at radius 1 is 1.26 bits per heavy atom. The van der Waals surface area contributed by atoms with Crippen molar-refractivity contribution in [3.8, 4) is 0 Å². The zero-order valence-electron chi connectivity index (χ0n) is 14.9. The number of carbonyl (C=O) groups is 2. The number of rotatable bonds is 3. The van der Waals surface area contributed by atoms with Gasteiger partial charge in [-0.1, -0.05) is 18.2 Å². The van der Waals surface area contributed by atoms with Gasteiger partial charge < -0.3 is 20.3 Å². The predicted molar refractivity (Wildman–Crippen MR) is 101 cm³/mol. The van der Waals surface area contributed by atoms with Gasteiger partial charge in [-0.05, 0) is 36.2 Å². The summed E-state index contributed by atoms with van der Waals surface area (Å²) < 4.78 is 0. The van der Waals surface area contributed by atoms with E-state index in [-0.39, 0.29) is 12.5 Å². The second-order valence-corrected chi connectivity index (χ2v) is 6.78. The Balaban J connectivity index is 0.000000226. The number of aromatic nitrogens is 1. The van der Waals surface area contributed by atoms with E-state index in [2.05, 4.69) is 47.4 Å². The lowest BCUT2D eigenvalue weighted by Crippen LogP contribution is -2.43. The zero-order chi connectivity index (χ0) is 19.6. The third-order valence-corrected chi connectivity index (χ3v) is 4.94. The van der Waals surface area contributed by atoms with Gasteiger partial charge in [0.2, 0.25) is 0 Å². The Bertz CT molecular complexity index is 912. The molecule has 2 heterocycles. The van der Waals surface area contributed by atoms with E-state index >= 15 is 0 Å². The minimum atomic E-state index is -1.26. The molecule has 1 aromatic carbocycles. The van der Waals surface area contributed by atoms with Crippen molar-refractivity contribution in [2.75, 3.05) is 20.2 Å². The van der Waals surface area contributed by atoms with E-state index in [1.54, 1.807) is 0 Å². The van der Waals surface area contributed by atoms with Crippen LogP contribution in [0.3, 0.4) is 0 Å². The van der Waals surface area contributed by atoms with Crippen LogP contribution >= 0.6 is 0 Å². The number of carboxylic acids is 2. The minimum Gasteiger partial charge on any atom is -0.478 e. The SMILES string of the molecule is CN1C[C@H](CO)C=C2c3cccc4[nH]cc(c34)C[C@H]21.O=C(O)/C=C\C(=O)O. The Kier molecular flexibility index (Phi) is 5.43. The van der Waals surface area contributed by atoms with Gasteiger partial charge in [-0.3, -0.25) is 4.90 Å². The van der Waals surface area contributed by atoms with Crippen molar-refractivity contribution in [3.05, 3.63) is 53.8 Å².